The van der Waals surface area contributed by atoms with E-state index in [0.29, 0.717) is 18.9 Å². The highest BCUT2D eigenvalue weighted by atomic mass is 16.4. The normalized spacial score (nSPS) is 26.6. The van der Waals surface area contributed by atoms with Gasteiger partial charge in [0.05, 0.1) is 5.41 Å². The number of aliphatic carboxylic acids is 1. The highest BCUT2D eigenvalue weighted by molar-refractivity contribution is 5.80. The van der Waals surface area contributed by atoms with Gasteiger partial charge in [0.15, 0.2) is 0 Å². The average Bonchev–Trinajstić information content (AvgIpc) is 2.68. The molecule has 0 aromatic heterocycles. The molecular weight excluding hydrogens is 244 g/mol. The van der Waals surface area contributed by atoms with Crippen molar-refractivity contribution in [2.45, 2.75) is 65.0 Å². The van der Waals surface area contributed by atoms with Crippen LogP contribution in [0.2, 0.25) is 0 Å². The van der Waals surface area contributed by atoms with Crippen LogP contribution in [0.3, 0.4) is 0 Å². The van der Waals surface area contributed by atoms with Crippen molar-refractivity contribution in [1.82, 2.24) is 10.6 Å². The van der Waals surface area contributed by atoms with Gasteiger partial charge in [0.25, 0.3) is 0 Å². The van der Waals surface area contributed by atoms with Crippen molar-refractivity contribution in [1.29, 1.82) is 0 Å². The molecule has 5 heteroatoms. The molecule has 0 heterocycles. The van der Waals surface area contributed by atoms with E-state index in [4.69, 9.17) is 0 Å². The minimum atomic E-state index is -0.809. The van der Waals surface area contributed by atoms with E-state index in [-0.39, 0.29) is 11.9 Å². The molecule has 0 aliphatic heterocycles. The predicted molar refractivity (Wildman–Crippen MR) is 73.9 cm³/mol. The van der Waals surface area contributed by atoms with Crippen molar-refractivity contribution >= 4 is 11.9 Å². The molecule has 2 unspecified atom stereocenters. The molecule has 1 amide bonds. The Morgan fingerprint density at radius 1 is 1.42 bits per heavy atom. The number of rotatable bonds is 7. The summed E-state index contributed by atoms with van der Waals surface area (Å²) in [6.07, 6.45) is 3.50. The molecule has 0 aromatic rings. The highest BCUT2D eigenvalue weighted by Crippen LogP contribution is 2.38. The summed E-state index contributed by atoms with van der Waals surface area (Å²) in [5, 5.41) is 15.4. The van der Waals surface area contributed by atoms with E-state index in [1.54, 1.807) is 6.92 Å². The first-order valence-electron chi connectivity index (χ1n) is 7.12. The molecule has 2 atom stereocenters. The molecule has 0 saturated heterocycles. The zero-order valence-corrected chi connectivity index (χ0v) is 12.2. The lowest BCUT2D eigenvalue weighted by Crippen LogP contribution is -2.47. The molecule has 110 valence electrons. The highest BCUT2D eigenvalue weighted by Gasteiger charge is 2.45. The van der Waals surface area contributed by atoms with Crippen molar-refractivity contribution in [3.05, 3.63) is 0 Å². The van der Waals surface area contributed by atoms with E-state index in [1.807, 2.05) is 0 Å². The Kier molecular flexibility index (Phi) is 5.79. The Hall–Kier alpha value is -1.10. The van der Waals surface area contributed by atoms with E-state index in [9.17, 15) is 14.7 Å². The maximum Gasteiger partial charge on any atom is 0.311 e. The minimum absolute atomic E-state index is 0.0371. The Morgan fingerprint density at radius 3 is 2.68 bits per heavy atom. The molecule has 0 radical (unpaired) electrons. The number of amides is 1. The van der Waals surface area contributed by atoms with Crippen LogP contribution in [-0.4, -0.2) is 35.6 Å². The predicted octanol–water partition coefficient (Wildman–Crippen LogP) is 1.52. The number of carbonyl (C=O) groups excluding carboxylic acids is 1. The fourth-order valence-corrected chi connectivity index (χ4v) is 2.56. The molecule has 0 aromatic carbocycles. The van der Waals surface area contributed by atoms with E-state index < -0.39 is 11.4 Å². The fraction of sp³-hybridized carbons (Fsp3) is 0.857. The molecule has 0 spiro atoms. The van der Waals surface area contributed by atoms with Crippen molar-refractivity contribution in [3.63, 3.8) is 0 Å². The fourth-order valence-electron chi connectivity index (χ4n) is 2.56. The van der Waals surface area contributed by atoms with Crippen molar-refractivity contribution < 1.29 is 14.7 Å². The summed E-state index contributed by atoms with van der Waals surface area (Å²) in [6, 6.07) is 0.198. The third-order valence-corrected chi connectivity index (χ3v) is 3.91. The van der Waals surface area contributed by atoms with Gasteiger partial charge in [-0.05, 0) is 32.7 Å². The zero-order chi connectivity index (χ0) is 14.5. The van der Waals surface area contributed by atoms with Crippen LogP contribution >= 0.6 is 0 Å². The smallest absolute Gasteiger partial charge is 0.311 e. The third kappa shape index (κ3) is 4.49. The summed E-state index contributed by atoms with van der Waals surface area (Å²) in [6.45, 7) is 6.67. The summed E-state index contributed by atoms with van der Waals surface area (Å²) in [7, 11) is 0. The van der Waals surface area contributed by atoms with E-state index in [0.717, 1.165) is 25.8 Å². The van der Waals surface area contributed by atoms with E-state index >= 15 is 0 Å². The van der Waals surface area contributed by atoms with Crippen LogP contribution in [0.15, 0.2) is 0 Å². The van der Waals surface area contributed by atoms with Crippen LogP contribution < -0.4 is 10.6 Å². The van der Waals surface area contributed by atoms with Crippen LogP contribution in [0.5, 0.6) is 0 Å². The van der Waals surface area contributed by atoms with E-state index in [1.165, 1.54) is 0 Å². The largest absolute Gasteiger partial charge is 0.481 e. The van der Waals surface area contributed by atoms with Gasteiger partial charge in [-0.1, -0.05) is 20.3 Å². The van der Waals surface area contributed by atoms with Crippen LogP contribution in [0.25, 0.3) is 0 Å². The van der Waals surface area contributed by atoms with Gasteiger partial charge in [-0.25, -0.2) is 0 Å². The topological polar surface area (TPSA) is 78.4 Å². The maximum atomic E-state index is 11.8. The van der Waals surface area contributed by atoms with Crippen LogP contribution in [-0.2, 0) is 9.59 Å². The number of hydrogen-bond donors (Lipinski definition) is 3. The zero-order valence-electron chi connectivity index (χ0n) is 12.2. The van der Waals surface area contributed by atoms with Gasteiger partial charge in [0.1, 0.15) is 0 Å². The van der Waals surface area contributed by atoms with Gasteiger partial charge >= 0.3 is 5.97 Å². The lowest BCUT2D eigenvalue weighted by atomic mass is 9.85. The van der Waals surface area contributed by atoms with Crippen molar-refractivity contribution in [2.75, 3.05) is 6.54 Å². The molecule has 3 N–H and O–H groups in total. The molecule has 19 heavy (non-hydrogen) atoms. The second kappa shape index (κ2) is 6.89. The molecule has 5 nitrogen and oxygen atoms in total. The summed E-state index contributed by atoms with van der Waals surface area (Å²) in [5.74, 6) is -0.846. The average molecular weight is 270 g/mol. The van der Waals surface area contributed by atoms with Gasteiger partial charge in [-0.15, -0.1) is 0 Å². The maximum absolute atomic E-state index is 11.8. The summed E-state index contributed by atoms with van der Waals surface area (Å²) >= 11 is 0. The summed E-state index contributed by atoms with van der Waals surface area (Å²) in [4.78, 5) is 23.1. The van der Waals surface area contributed by atoms with Gasteiger partial charge in [-0.3, -0.25) is 9.59 Å². The molecule has 0 bridgehead atoms. The third-order valence-electron chi connectivity index (χ3n) is 3.91. The van der Waals surface area contributed by atoms with Gasteiger partial charge in [0, 0.05) is 18.5 Å². The summed E-state index contributed by atoms with van der Waals surface area (Å²) in [5.41, 5.74) is -0.800. The van der Waals surface area contributed by atoms with Crippen LogP contribution in [0.1, 0.15) is 52.9 Å². The number of carbonyl (C=O) groups is 2. The first-order chi connectivity index (χ1) is 8.86. The first-order valence-corrected chi connectivity index (χ1v) is 7.12. The van der Waals surface area contributed by atoms with Gasteiger partial charge in [-0.2, -0.15) is 0 Å². The lowest BCUT2D eigenvalue weighted by molar-refractivity contribution is -0.149. The van der Waals surface area contributed by atoms with Crippen molar-refractivity contribution in [3.8, 4) is 0 Å². The Bertz CT molecular complexity index is 331. The van der Waals surface area contributed by atoms with Crippen LogP contribution in [0, 0.1) is 5.41 Å². The number of hydrogen-bond acceptors (Lipinski definition) is 3. The molecule has 1 saturated carbocycles. The number of carboxylic acid groups (broad SMARTS) is 1. The van der Waals surface area contributed by atoms with Gasteiger partial charge in [0.2, 0.25) is 5.91 Å². The van der Waals surface area contributed by atoms with Gasteiger partial charge < -0.3 is 15.7 Å². The molecular formula is C14H26N2O3. The molecule has 1 aliphatic carbocycles. The van der Waals surface area contributed by atoms with E-state index in [2.05, 4.69) is 24.5 Å². The Balaban J connectivity index is 2.34. The lowest BCUT2D eigenvalue weighted by Gasteiger charge is -2.27. The quantitative estimate of drug-likeness (QED) is 0.613. The molecule has 1 fully saturated rings. The number of carboxylic acids is 1. The standard InChI is InChI=1S/C14H26N2O3/c1-10(2)15-9-5-7-12(17)16-11-6-4-8-14(11,3)13(18)19/h10-11,15H,4-9H2,1-3H3,(H,16,17)(H,18,19). The number of nitrogens with one attached hydrogen (secondary N) is 2. The molecule has 1 aliphatic rings. The second-order valence-electron chi connectivity index (χ2n) is 5.95. The second-order valence-corrected chi connectivity index (χ2v) is 5.95. The Labute approximate surface area is 115 Å². The summed E-state index contributed by atoms with van der Waals surface area (Å²) < 4.78 is 0. The monoisotopic (exact) mass is 270 g/mol. The molecule has 1 rings (SSSR count). The minimum Gasteiger partial charge on any atom is -0.481 e. The Morgan fingerprint density at radius 2 is 2.11 bits per heavy atom. The first kappa shape index (κ1) is 16.0. The van der Waals surface area contributed by atoms with Crippen LogP contribution in [0.4, 0.5) is 0 Å². The SMILES string of the molecule is CC(C)NCCCC(=O)NC1CCCC1(C)C(=O)O. The van der Waals surface area contributed by atoms with Crippen molar-refractivity contribution in [2.24, 2.45) is 5.41 Å².